The van der Waals surface area contributed by atoms with Gasteiger partial charge in [0.15, 0.2) is 0 Å². The Hall–Kier alpha value is -9.63. The van der Waals surface area contributed by atoms with Crippen molar-refractivity contribution in [3.63, 3.8) is 0 Å². The predicted molar refractivity (Wildman–Crippen MR) is 514 cm³/mol. The van der Waals surface area contributed by atoms with Gasteiger partial charge in [-0.2, -0.15) is 0 Å². The smallest absolute Gasteiger partial charge is 1.00 e. The first-order valence-corrected chi connectivity index (χ1v) is 46.2. The van der Waals surface area contributed by atoms with E-state index in [-0.39, 0.29) is 66.6 Å². The molecule has 2 saturated heterocycles. The zero-order valence-corrected chi connectivity index (χ0v) is 76.4. The molecular formula is C106H100Cl2N6O2P4Ru2. The number of nitrogens with two attached hydrogens (primary N) is 2. The van der Waals surface area contributed by atoms with Gasteiger partial charge in [-0.15, -0.1) is 0 Å². The van der Waals surface area contributed by atoms with Gasteiger partial charge in [0.2, 0.25) is 0 Å². The van der Waals surface area contributed by atoms with Crippen LogP contribution in [0.1, 0.15) is 39.9 Å². The van der Waals surface area contributed by atoms with Gasteiger partial charge in [-0.25, -0.2) is 9.97 Å². The fourth-order valence-corrected chi connectivity index (χ4v) is 25.2. The number of aromatic amines is 2. The van der Waals surface area contributed by atoms with E-state index in [9.17, 15) is 0 Å². The topological polar surface area (TPSA) is 128 Å². The summed E-state index contributed by atoms with van der Waals surface area (Å²) in [5.74, 6) is 0. The summed E-state index contributed by atoms with van der Waals surface area (Å²) in [5.41, 5.74) is 18.0. The van der Waals surface area contributed by atoms with Crippen LogP contribution in [0.15, 0.2) is 413 Å². The largest absolute Gasteiger partial charge is 2.00 e. The predicted octanol–water partition coefficient (Wildman–Crippen LogP) is 14.0. The maximum atomic E-state index is 5.27. The van der Waals surface area contributed by atoms with Crippen LogP contribution in [0.3, 0.4) is 0 Å². The van der Waals surface area contributed by atoms with Crippen LogP contribution in [0.25, 0.3) is 65.3 Å². The van der Waals surface area contributed by atoms with Gasteiger partial charge in [0, 0.05) is 51.7 Å². The molecular weight excluding hydrogens is 1790 g/mol. The fraction of sp³-hybridized carbons (Fsp3) is 0.113. The molecule has 2 aromatic heterocycles. The summed E-state index contributed by atoms with van der Waals surface area (Å²) in [7, 11) is -3.41. The zero-order valence-electron chi connectivity index (χ0n) is 69.9. The number of nitrogens with one attached hydrogen (secondary N) is 2. The Kier molecular flexibility index (Phi) is 37.4. The molecule has 4 heterocycles. The molecule has 16 heteroatoms. The molecule has 0 unspecified atom stereocenters. The molecule has 16 aromatic carbocycles. The summed E-state index contributed by atoms with van der Waals surface area (Å²) in [6.45, 7) is 5.34. The Bertz CT molecular complexity index is 5220. The first kappa shape index (κ1) is 93.1. The number of H-pyrrole nitrogens is 2. The van der Waals surface area contributed by atoms with Crippen molar-refractivity contribution in [3.8, 4) is 22.3 Å². The van der Waals surface area contributed by atoms with E-state index in [1.807, 2.05) is 12.4 Å². The molecule has 2 fully saturated rings. The summed E-state index contributed by atoms with van der Waals surface area (Å²) in [5, 5.41) is 26.7. The first-order chi connectivity index (χ1) is 58.6. The van der Waals surface area contributed by atoms with E-state index in [1.54, 1.807) is 12.7 Å². The van der Waals surface area contributed by atoms with Crippen LogP contribution in [0.4, 0.5) is 0 Å². The molecule has 0 spiro atoms. The van der Waals surface area contributed by atoms with E-state index in [0.717, 1.165) is 50.7 Å². The number of benzene rings is 16. The molecule has 0 saturated carbocycles. The fourth-order valence-electron chi connectivity index (χ4n) is 15.3. The van der Waals surface area contributed by atoms with Gasteiger partial charge in [0.25, 0.3) is 0 Å². The first-order valence-electron chi connectivity index (χ1n) is 40.8. The average molecular weight is 1890 g/mol. The van der Waals surface area contributed by atoms with Crippen LogP contribution in [0, 0.1) is 0 Å². The number of rotatable bonds is 18. The van der Waals surface area contributed by atoms with Gasteiger partial charge >= 0.3 is 39.0 Å². The minimum Gasteiger partial charge on any atom is -1.00 e. The number of hydrogen-bond donors (Lipinski definition) is 4. The van der Waals surface area contributed by atoms with Gasteiger partial charge in [-0.3, -0.25) is 0 Å². The summed E-state index contributed by atoms with van der Waals surface area (Å²) in [6, 6.07) is 144. The van der Waals surface area contributed by atoms with Gasteiger partial charge in [-0.1, -0.05) is 388 Å². The normalized spacial score (nSPS) is 11.9. The molecule has 122 heavy (non-hydrogen) atoms. The van der Waals surface area contributed by atoms with Gasteiger partial charge < -0.3 is 58.6 Å². The van der Waals surface area contributed by atoms with Gasteiger partial charge in [0.05, 0.1) is 24.0 Å². The van der Waals surface area contributed by atoms with Crippen molar-refractivity contribution >= 4 is 138 Å². The third-order valence-electron chi connectivity index (χ3n) is 20.8. The summed E-state index contributed by atoms with van der Waals surface area (Å²) >= 11 is 0. The van der Waals surface area contributed by atoms with Crippen molar-refractivity contribution in [1.29, 1.82) is 0 Å². The molecule has 0 atom stereocenters. The van der Waals surface area contributed by atoms with Crippen molar-refractivity contribution in [2.24, 2.45) is 11.5 Å². The number of nitrogens with zero attached hydrogens (tertiary/aromatic N) is 2. The van der Waals surface area contributed by atoms with Gasteiger partial charge in [-0.05, 0) is 199 Å². The quantitative estimate of drug-likeness (QED) is 0.0501. The molecule has 6 N–H and O–H groups in total. The second-order valence-corrected chi connectivity index (χ2v) is 37.3. The second kappa shape index (κ2) is 49.0. The van der Waals surface area contributed by atoms with Crippen LogP contribution in [-0.4, -0.2) is 59.5 Å². The minimum atomic E-state index is -0.852. The molecule has 0 bridgehead atoms. The SMILES string of the molecule is C1CCOC1.C1CCOC1.NCCc1c[nH]cn1.NCCc1c[nH]cn1.[Cl-].[Cl-].[H-].[H-].[Ru+2].[Ru+2].c1ccc(P(c2ccccc2)c2ccc3ccccc3c2-c2c(P(c3ccccc3)c3ccccc3)ccc3ccccc23)cc1.c1ccc(P(c2ccccc2)c2ccc3ccccc3c2-c2c(P(c3ccccc3)c3ccccc3)ccc3ccccc23)cc1. The van der Waals surface area contributed by atoms with Crippen molar-refractivity contribution in [3.05, 3.63) is 425 Å². The van der Waals surface area contributed by atoms with Crippen molar-refractivity contribution in [2.45, 2.75) is 38.5 Å². The maximum Gasteiger partial charge on any atom is 2.00 e. The van der Waals surface area contributed by atoms with Crippen LogP contribution >= 0.6 is 31.7 Å². The number of halogens is 2. The van der Waals surface area contributed by atoms with Crippen LogP contribution < -0.4 is 99.9 Å². The summed E-state index contributed by atoms with van der Waals surface area (Å²) in [6.07, 6.45) is 13.9. The third-order valence-corrected chi connectivity index (χ3v) is 30.7. The second-order valence-electron chi connectivity index (χ2n) is 28.6. The molecule has 616 valence electrons. The van der Waals surface area contributed by atoms with Crippen LogP contribution in [0.5, 0.6) is 0 Å². The average Bonchev–Trinajstić information content (AvgIpc) is 0.927. The summed E-state index contributed by atoms with van der Waals surface area (Å²) in [4.78, 5) is 13.6. The van der Waals surface area contributed by atoms with Crippen molar-refractivity contribution in [2.75, 3.05) is 39.5 Å². The number of aromatic nitrogens is 4. The number of ether oxygens (including phenoxy) is 2. The molecule has 2 aliphatic heterocycles. The van der Waals surface area contributed by atoms with E-state index in [2.05, 4.69) is 408 Å². The molecule has 8 nitrogen and oxygen atoms in total. The molecule has 0 radical (unpaired) electrons. The number of imidazole rings is 2. The number of fused-ring (bicyclic) bond motifs is 4. The van der Waals surface area contributed by atoms with Crippen LogP contribution in [0.2, 0.25) is 0 Å². The number of hydrogen-bond acceptors (Lipinski definition) is 6. The van der Waals surface area contributed by atoms with E-state index < -0.39 is 31.7 Å². The Morgan fingerprint density at radius 1 is 0.254 bits per heavy atom. The van der Waals surface area contributed by atoms with E-state index in [1.165, 1.54) is 155 Å². The minimum absolute atomic E-state index is 0. The van der Waals surface area contributed by atoms with E-state index in [0.29, 0.717) is 13.1 Å². The summed E-state index contributed by atoms with van der Waals surface area (Å²) < 4.78 is 9.89. The Labute approximate surface area is 764 Å². The molecule has 0 aliphatic carbocycles. The van der Waals surface area contributed by atoms with Crippen molar-refractivity contribution in [1.82, 2.24) is 19.9 Å². The molecule has 18 aromatic rings. The van der Waals surface area contributed by atoms with Gasteiger partial charge in [0.1, 0.15) is 0 Å². The molecule has 2 aliphatic rings. The Balaban J connectivity index is 0.000000209. The maximum absolute atomic E-state index is 5.27. The Morgan fingerprint density at radius 2 is 0.443 bits per heavy atom. The molecule has 20 rings (SSSR count). The Morgan fingerprint density at radius 3 is 0.607 bits per heavy atom. The standard InChI is InChI=1S/2C44H32P2.2C5H9N3.2C4H8O.2ClH.2Ru.2H/c2*1-5-19-35(20-6-1)45(36-21-7-2-8-22-36)41-31-29-33-17-13-15-27-39(33)43(41)44-40-28-16-14-18-34(40)30-32-42(44)46(37-23-9-3-10-24-37)38-25-11-4-12-26-38;2*6-2-1-5-3-7-4-8-5;2*1-2-4-5-3-1;;;;;;/h2*1-32H;2*3-4H,1-2,6H2,(H,7,8);2*1-4H2;2*1H;;;;/q;;;;;;;;2*+2;2*-1/p-2. The third kappa shape index (κ3) is 23.6. The van der Waals surface area contributed by atoms with Crippen molar-refractivity contribution < 1.29 is 76.1 Å². The van der Waals surface area contributed by atoms with E-state index >= 15 is 0 Å². The van der Waals surface area contributed by atoms with Crippen LogP contribution in [-0.2, 0) is 61.3 Å². The molecule has 0 amide bonds. The van der Waals surface area contributed by atoms with E-state index in [4.69, 9.17) is 20.9 Å². The zero-order chi connectivity index (χ0) is 80.1. The monoisotopic (exact) mass is 1890 g/mol.